The third kappa shape index (κ3) is 4.45. The maximum atomic E-state index is 11.7. The second-order valence-electron chi connectivity index (χ2n) is 6.95. The minimum atomic E-state index is 0. The molecule has 1 amide bonds. The molecule has 25 heavy (non-hydrogen) atoms. The highest BCUT2D eigenvalue weighted by Crippen LogP contribution is 2.36. The summed E-state index contributed by atoms with van der Waals surface area (Å²) in [4.78, 5) is 18.8. The number of aliphatic imine (C=N–C) groups is 1. The quantitative estimate of drug-likeness (QED) is 0.409. The average molecular weight is 461 g/mol. The molecule has 3 heterocycles. The summed E-state index contributed by atoms with van der Waals surface area (Å²) in [6, 6.07) is 0. The topological polar surface area (TPSA) is 82.8 Å². The van der Waals surface area contributed by atoms with Crippen LogP contribution in [-0.2, 0) is 11.3 Å². The summed E-state index contributed by atoms with van der Waals surface area (Å²) in [6.07, 6.45) is 2.82. The lowest BCUT2D eigenvalue weighted by Gasteiger charge is -2.40. The number of rotatable bonds is 3. The normalized spacial score (nSPS) is 23.6. The van der Waals surface area contributed by atoms with Crippen molar-refractivity contribution in [2.24, 2.45) is 10.4 Å². The standard InChI is InChI=1S/C17H27N5O2.HI/c1-4-18-16(19-9-14-12(2)21-24-13(14)3)22-7-5-6-17(11-22)8-15(23)20-10-17;/h4-11H2,1-3H3,(H,18,19)(H,20,23);1H. The van der Waals surface area contributed by atoms with Crippen molar-refractivity contribution in [1.82, 2.24) is 20.7 Å². The molecule has 0 saturated carbocycles. The van der Waals surface area contributed by atoms with E-state index in [0.717, 1.165) is 62.0 Å². The number of piperidine rings is 1. The predicted molar refractivity (Wildman–Crippen MR) is 107 cm³/mol. The van der Waals surface area contributed by atoms with Crippen molar-refractivity contribution < 1.29 is 9.32 Å². The van der Waals surface area contributed by atoms with Gasteiger partial charge < -0.3 is 20.1 Å². The molecule has 0 bridgehead atoms. The first kappa shape index (κ1) is 20.0. The van der Waals surface area contributed by atoms with Crippen LogP contribution in [0.2, 0.25) is 0 Å². The zero-order valence-corrected chi connectivity index (χ0v) is 17.6. The molecule has 1 spiro atoms. The highest BCUT2D eigenvalue weighted by Gasteiger charge is 2.42. The van der Waals surface area contributed by atoms with Gasteiger partial charge in [0.1, 0.15) is 5.76 Å². The van der Waals surface area contributed by atoms with E-state index in [2.05, 4.69) is 27.6 Å². The second kappa shape index (κ2) is 8.37. The molecule has 1 unspecified atom stereocenters. The zero-order valence-electron chi connectivity index (χ0n) is 15.2. The molecule has 3 rings (SSSR count). The Hall–Kier alpha value is -1.32. The number of hydrogen-bond acceptors (Lipinski definition) is 4. The van der Waals surface area contributed by atoms with E-state index in [0.29, 0.717) is 13.0 Å². The number of aromatic nitrogens is 1. The highest BCUT2D eigenvalue weighted by molar-refractivity contribution is 14.0. The molecule has 1 aromatic rings. The Labute approximate surface area is 166 Å². The molecule has 2 aliphatic rings. The maximum Gasteiger partial charge on any atom is 0.220 e. The van der Waals surface area contributed by atoms with Crippen molar-refractivity contribution in [2.75, 3.05) is 26.2 Å². The number of amides is 1. The van der Waals surface area contributed by atoms with Crippen LogP contribution in [0.4, 0.5) is 0 Å². The van der Waals surface area contributed by atoms with Gasteiger partial charge in [-0.3, -0.25) is 4.79 Å². The second-order valence-corrected chi connectivity index (χ2v) is 6.95. The number of halogens is 1. The van der Waals surface area contributed by atoms with Crippen LogP contribution < -0.4 is 10.6 Å². The van der Waals surface area contributed by atoms with Crippen molar-refractivity contribution in [2.45, 2.75) is 46.6 Å². The Balaban J connectivity index is 0.00000225. The molecule has 2 saturated heterocycles. The first-order chi connectivity index (χ1) is 11.5. The summed E-state index contributed by atoms with van der Waals surface area (Å²) in [5.41, 5.74) is 2.01. The predicted octanol–water partition coefficient (Wildman–Crippen LogP) is 1.98. The van der Waals surface area contributed by atoms with Gasteiger partial charge in [-0.2, -0.15) is 0 Å². The Morgan fingerprint density at radius 1 is 1.48 bits per heavy atom. The van der Waals surface area contributed by atoms with Gasteiger partial charge >= 0.3 is 0 Å². The lowest BCUT2D eigenvalue weighted by molar-refractivity contribution is -0.119. The van der Waals surface area contributed by atoms with Crippen LogP contribution in [-0.4, -0.2) is 48.1 Å². The monoisotopic (exact) mass is 461 g/mol. The molecular weight excluding hydrogens is 433 g/mol. The molecule has 0 aliphatic carbocycles. The SMILES string of the molecule is CCNC(=NCc1c(C)noc1C)N1CCCC2(CNC(=O)C2)C1.I. The van der Waals surface area contributed by atoms with Crippen LogP contribution in [0.15, 0.2) is 9.52 Å². The Bertz CT molecular complexity index is 625. The molecule has 140 valence electrons. The van der Waals surface area contributed by atoms with Crippen LogP contribution in [0.5, 0.6) is 0 Å². The minimum Gasteiger partial charge on any atom is -0.361 e. The van der Waals surface area contributed by atoms with E-state index in [1.807, 2.05) is 13.8 Å². The van der Waals surface area contributed by atoms with E-state index in [4.69, 9.17) is 9.52 Å². The third-order valence-electron chi connectivity index (χ3n) is 5.06. The van der Waals surface area contributed by atoms with Crippen molar-refractivity contribution in [3.63, 3.8) is 0 Å². The zero-order chi connectivity index (χ0) is 17.2. The summed E-state index contributed by atoms with van der Waals surface area (Å²) in [5.74, 6) is 1.92. The van der Waals surface area contributed by atoms with Gasteiger partial charge in [-0.1, -0.05) is 5.16 Å². The number of hydrogen-bond donors (Lipinski definition) is 2. The van der Waals surface area contributed by atoms with Gasteiger partial charge in [0.05, 0.1) is 12.2 Å². The Morgan fingerprint density at radius 3 is 2.88 bits per heavy atom. The lowest BCUT2D eigenvalue weighted by Crippen LogP contribution is -2.51. The van der Waals surface area contributed by atoms with E-state index in [-0.39, 0.29) is 35.3 Å². The van der Waals surface area contributed by atoms with Gasteiger partial charge in [-0.15, -0.1) is 24.0 Å². The molecule has 2 fully saturated rings. The molecule has 7 nitrogen and oxygen atoms in total. The summed E-state index contributed by atoms with van der Waals surface area (Å²) < 4.78 is 5.22. The molecule has 0 aromatic carbocycles. The number of likely N-dealkylation sites (tertiary alicyclic amines) is 1. The first-order valence-corrected chi connectivity index (χ1v) is 8.75. The van der Waals surface area contributed by atoms with Gasteiger partial charge in [0.25, 0.3) is 0 Å². The fourth-order valence-electron chi connectivity index (χ4n) is 3.74. The van der Waals surface area contributed by atoms with Gasteiger partial charge in [-0.25, -0.2) is 4.99 Å². The van der Waals surface area contributed by atoms with Crippen molar-refractivity contribution >= 4 is 35.8 Å². The molecule has 0 radical (unpaired) electrons. The van der Waals surface area contributed by atoms with Crippen LogP contribution in [0, 0.1) is 19.3 Å². The van der Waals surface area contributed by atoms with Crippen molar-refractivity contribution in [3.8, 4) is 0 Å². The van der Waals surface area contributed by atoms with Gasteiger partial charge in [0, 0.05) is 43.6 Å². The van der Waals surface area contributed by atoms with Gasteiger partial charge in [0.2, 0.25) is 5.91 Å². The van der Waals surface area contributed by atoms with E-state index >= 15 is 0 Å². The minimum absolute atomic E-state index is 0. The Kier molecular flexibility index (Phi) is 6.70. The number of nitrogens with one attached hydrogen (secondary N) is 2. The van der Waals surface area contributed by atoms with Gasteiger partial charge in [-0.05, 0) is 33.6 Å². The van der Waals surface area contributed by atoms with Crippen LogP contribution in [0.25, 0.3) is 0 Å². The van der Waals surface area contributed by atoms with E-state index in [1.54, 1.807) is 0 Å². The van der Waals surface area contributed by atoms with E-state index in [1.165, 1.54) is 0 Å². The fourth-order valence-corrected chi connectivity index (χ4v) is 3.74. The smallest absolute Gasteiger partial charge is 0.220 e. The number of carbonyl (C=O) groups excluding carboxylic acids is 1. The summed E-state index contributed by atoms with van der Waals surface area (Å²) in [5, 5.41) is 10.4. The van der Waals surface area contributed by atoms with Crippen LogP contribution in [0.3, 0.4) is 0 Å². The number of guanidine groups is 1. The molecule has 8 heteroatoms. The van der Waals surface area contributed by atoms with E-state index in [9.17, 15) is 4.79 Å². The maximum absolute atomic E-state index is 11.7. The molecular formula is C17H28IN5O2. The third-order valence-corrected chi connectivity index (χ3v) is 5.06. The van der Waals surface area contributed by atoms with Crippen LogP contribution in [0.1, 0.15) is 43.2 Å². The Morgan fingerprint density at radius 2 is 2.28 bits per heavy atom. The average Bonchev–Trinajstić information content (AvgIpc) is 3.07. The number of nitrogens with zero attached hydrogens (tertiary/aromatic N) is 3. The highest BCUT2D eigenvalue weighted by atomic mass is 127. The summed E-state index contributed by atoms with van der Waals surface area (Å²) >= 11 is 0. The van der Waals surface area contributed by atoms with Crippen LogP contribution >= 0.6 is 24.0 Å². The molecule has 1 atom stereocenters. The first-order valence-electron chi connectivity index (χ1n) is 8.75. The molecule has 2 aliphatic heterocycles. The number of aryl methyl sites for hydroxylation is 2. The van der Waals surface area contributed by atoms with Gasteiger partial charge in [0.15, 0.2) is 5.96 Å². The van der Waals surface area contributed by atoms with Crippen molar-refractivity contribution in [3.05, 3.63) is 17.0 Å². The fraction of sp³-hybridized carbons (Fsp3) is 0.706. The number of carbonyl (C=O) groups is 1. The van der Waals surface area contributed by atoms with Crippen molar-refractivity contribution in [1.29, 1.82) is 0 Å². The summed E-state index contributed by atoms with van der Waals surface area (Å²) in [6.45, 7) is 9.95. The van der Waals surface area contributed by atoms with E-state index < -0.39 is 0 Å². The summed E-state index contributed by atoms with van der Waals surface area (Å²) in [7, 11) is 0. The lowest BCUT2D eigenvalue weighted by atomic mass is 9.79. The largest absolute Gasteiger partial charge is 0.361 e. The molecule has 1 aromatic heterocycles. The molecule has 2 N–H and O–H groups in total.